The highest BCUT2D eigenvalue weighted by atomic mass is 16.6. The van der Waals surface area contributed by atoms with Crippen molar-refractivity contribution in [3.8, 4) is 0 Å². The van der Waals surface area contributed by atoms with Gasteiger partial charge in [0.1, 0.15) is 6.61 Å². The maximum atomic E-state index is 11.2. The Morgan fingerprint density at radius 2 is 2.21 bits per heavy atom. The summed E-state index contributed by atoms with van der Waals surface area (Å²) in [5.41, 5.74) is 0. The molecule has 0 saturated heterocycles. The van der Waals surface area contributed by atoms with Crippen LogP contribution in [0.5, 0.6) is 0 Å². The van der Waals surface area contributed by atoms with Gasteiger partial charge in [0.2, 0.25) is 0 Å². The molecule has 1 heterocycles. The van der Waals surface area contributed by atoms with Crippen molar-refractivity contribution in [2.45, 2.75) is 32.7 Å². The number of aliphatic hydroxyl groups excluding tert-OH is 1. The van der Waals surface area contributed by atoms with E-state index >= 15 is 0 Å². The number of nitrogens with one attached hydrogen (secondary N) is 1. The summed E-state index contributed by atoms with van der Waals surface area (Å²) >= 11 is 0. The molecule has 0 saturated carbocycles. The van der Waals surface area contributed by atoms with Crippen LogP contribution in [0.3, 0.4) is 0 Å². The maximum Gasteiger partial charge on any atom is 0.407 e. The molecule has 0 bridgehead atoms. The molecule has 1 aromatic rings. The molecule has 0 aromatic carbocycles. The van der Waals surface area contributed by atoms with Gasteiger partial charge in [-0.3, -0.25) is 0 Å². The van der Waals surface area contributed by atoms with Crippen molar-refractivity contribution in [2.24, 2.45) is 0 Å². The number of aliphatic hydroxyl groups is 1. The second-order valence-electron chi connectivity index (χ2n) is 3.80. The predicted octanol–water partition coefficient (Wildman–Crippen LogP) is 0.838. The van der Waals surface area contributed by atoms with Crippen LogP contribution in [0.4, 0.5) is 4.79 Å². The minimum atomic E-state index is -1.12. The lowest BCUT2D eigenvalue weighted by atomic mass is 10.4. The first kappa shape index (κ1) is 15.3. The van der Waals surface area contributed by atoms with Gasteiger partial charge in [-0.05, 0) is 12.5 Å². The Bertz CT molecular complexity index is 361. The third kappa shape index (κ3) is 7.32. The lowest BCUT2D eigenvalue weighted by molar-refractivity contribution is -0.106. The number of amides is 1. The molecular weight excluding hydrogens is 250 g/mol. The Kier molecular flexibility index (Phi) is 7.45. The second kappa shape index (κ2) is 9.23. The van der Waals surface area contributed by atoms with Crippen LogP contribution in [-0.4, -0.2) is 40.6 Å². The van der Waals surface area contributed by atoms with E-state index in [1.165, 1.54) is 0 Å². The van der Waals surface area contributed by atoms with Crippen LogP contribution in [0.1, 0.15) is 25.6 Å². The Balaban J connectivity index is 2.10. The van der Waals surface area contributed by atoms with E-state index in [2.05, 4.69) is 15.3 Å². The van der Waals surface area contributed by atoms with Crippen molar-refractivity contribution in [3.05, 3.63) is 24.3 Å². The molecule has 1 aromatic heterocycles. The monoisotopic (exact) mass is 269 g/mol. The van der Waals surface area contributed by atoms with Crippen molar-refractivity contribution >= 4 is 6.09 Å². The lowest BCUT2D eigenvalue weighted by Gasteiger charge is -2.12. The van der Waals surface area contributed by atoms with Gasteiger partial charge >= 0.3 is 6.09 Å². The molecule has 0 radical (unpaired) electrons. The Morgan fingerprint density at radius 1 is 1.47 bits per heavy atom. The largest absolute Gasteiger partial charge is 0.450 e. The molecule has 0 spiro atoms. The van der Waals surface area contributed by atoms with Crippen molar-refractivity contribution in [1.29, 1.82) is 0 Å². The van der Waals surface area contributed by atoms with E-state index in [-0.39, 0.29) is 13.2 Å². The smallest absolute Gasteiger partial charge is 0.407 e. The zero-order valence-electron chi connectivity index (χ0n) is 10.9. The highest BCUT2D eigenvalue weighted by Crippen LogP contribution is 1.95. The number of ether oxygens (including phenoxy) is 2. The molecule has 0 aliphatic heterocycles. The fraction of sp³-hybridized carbons (Fsp3) is 0.583. The zero-order valence-corrected chi connectivity index (χ0v) is 10.9. The van der Waals surface area contributed by atoms with Crippen LogP contribution < -0.4 is 5.32 Å². The van der Waals surface area contributed by atoms with Crippen molar-refractivity contribution in [1.82, 2.24) is 15.3 Å². The number of alkyl carbamates (subject to hydrolysis) is 1. The number of aromatic nitrogens is 2. The van der Waals surface area contributed by atoms with E-state index in [4.69, 9.17) is 9.47 Å². The minimum absolute atomic E-state index is 0.0439. The number of carbonyl (C=O) groups is 1. The third-order valence-corrected chi connectivity index (χ3v) is 2.18. The fourth-order valence-electron chi connectivity index (χ4n) is 1.17. The van der Waals surface area contributed by atoms with Gasteiger partial charge in [0, 0.05) is 12.4 Å². The number of unbranched alkanes of at least 4 members (excludes halogenated alkanes) is 1. The number of hydrogen-bond acceptors (Lipinski definition) is 6. The highest BCUT2D eigenvalue weighted by Gasteiger charge is 2.08. The summed E-state index contributed by atoms with van der Waals surface area (Å²) < 4.78 is 9.92. The third-order valence-electron chi connectivity index (χ3n) is 2.18. The highest BCUT2D eigenvalue weighted by molar-refractivity contribution is 5.67. The van der Waals surface area contributed by atoms with Crippen LogP contribution >= 0.6 is 0 Å². The standard InChI is InChI=1S/C12H19N3O4/c1-2-3-7-18-12(17)15-8-11(16)19-9-10-13-5-4-6-14-10/h4-6,11,16H,2-3,7-9H2,1H3,(H,15,17). The summed E-state index contributed by atoms with van der Waals surface area (Å²) in [7, 11) is 0. The summed E-state index contributed by atoms with van der Waals surface area (Å²) in [6, 6.07) is 1.69. The van der Waals surface area contributed by atoms with Crippen LogP contribution in [0.15, 0.2) is 18.5 Å². The first-order valence-electron chi connectivity index (χ1n) is 6.18. The van der Waals surface area contributed by atoms with E-state index < -0.39 is 12.4 Å². The molecule has 0 fully saturated rings. The molecule has 0 aliphatic carbocycles. The van der Waals surface area contributed by atoms with Crippen LogP contribution in [0.25, 0.3) is 0 Å². The van der Waals surface area contributed by atoms with Crippen LogP contribution in [0.2, 0.25) is 0 Å². The molecule has 7 heteroatoms. The number of nitrogens with zero attached hydrogens (tertiary/aromatic N) is 2. The van der Waals surface area contributed by atoms with Crippen LogP contribution in [0, 0.1) is 0 Å². The molecule has 0 aliphatic rings. The van der Waals surface area contributed by atoms with Crippen molar-refractivity contribution in [3.63, 3.8) is 0 Å². The molecule has 1 amide bonds. The van der Waals surface area contributed by atoms with E-state index in [9.17, 15) is 9.90 Å². The number of hydrogen-bond donors (Lipinski definition) is 2. The molecule has 2 N–H and O–H groups in total. The first-order valence-corrected chi connectivity index (χ1v) is 6.18. The molecule has 106 valence electrons. The van der Waals surface area contributed by atoms with Gasteiger partial charge in [0.05, 0.1) is 13.2 Å². The first-order chi connectivity index (χ1) is 9.22. The topological polar surface area (TPSA) is 93.6 Å². The number of rotatable bonds is 8. The quantitative estimate of drug-likeness (QED) is 0.536. The summed E-state index contributed by atoms with van der Waals surface area (Å²) in [5.74, 6) is 0.465. The zero-order chi connectivity index (χ0) is 13.9. The van der Waals surface area contributed by atoms with E-state index in [0.29, 0.717) is 12.4 Å². The van der Waals surface area contributed by atoms with E-state index in [0.717, 1.165) is 12.8 Å². The predicted molar refractivity (Wildman–Crippen MR) is 67.1 cm³/mol. The summed E-state index contributed by atoms with van der Waals surface area (Å²) in [6.45, 7) is 2.41. The van der Waals surface area contributed by atoms with Crippen LogP contribution in [-0.2, 0) is 16.1 Å². The Labute approximate surface area is 112 Å². The van der Waals surface area contributed by atoms with Crippen molar-refractivity contribution in [2.75, 3.05) is 13.2 Å². The lowest BCUT2D eigenvalue weighted by Crippen LogP contribution is -2.34. The average molecular weight is 269 g/mol. The van der Waals surface area contributed by atoms with Crippen molar-refractivity contribution < 1.29 is 19.4 Å². The normalized spacial score (nSPS) is 11.9. The summed E-state index contributed by atoms with van der Waals surface area (Å²) in [4.78, 5) is 19.0. The summed E-state index contributed by atoms with van der Waals surface area (Å²) in [6.07, 6.45) is 3.26. The van der Waals surface area contributed by atoms with E-state index in [1.807, 2.05) is 6.92 Å². The molecular formula is C12H19N3O4. The molecule has 7 nitrogen and oxygen atoms in total. The Hall–Kier alpha value is -1.73. The molecule has 19 heavy (non-hydrogen) atoms. The van der Waals surface area contributed by atoms with Gasteiger partial charge in [-0.25, -0.2) is 14.8 Å². The molecule has 1 rings (SSSR count). The van der Waals surface area contributed by atoms with Gasteiger partial charge in [-0.1, -0.05) is 13.3 Å². The summed E-state index contributed by atoms with van der Waals surface area (Å²) in [5, 5.41) is 11.9. The second-order valence-corrected chi connectivity index (χ2v) is 3.80. The fourth-order valence-corrected chi connectivity index (χ4v) is 1.17. The Morgan fingerprint density at radius 3 is 2.89 bits per heavy atom. The minimum Gasteiger partial charge on any atom is -0.450 e. The van der Waals surface area contributed by atoms with Gasteiger partial charge in [0.25, 0.3) is 0 Å². The number of carbonyl (C=O) groups excluding carboxylic acids is 1. The van der Waals surface area contributed by atoms with Gasteiger partial charge < -0.3 is 19.9 Å². The van der Waals surface area contributed by atoms with Gasteiger partial charge in [-0.15, -0.1) is 0 Å². The van der Waals surface area contributed by atoms with Gasteiger partial charge in [-0.2, -0.15) is 0 Å². The van der Waals surface area contributed by atoms with E-state index in [1.54, 1.807) is 18.5 Å². The van der Waals surface area contributed by atoms with Gasteiger partial charge in [0.15, 0.2) is 12.1 Å². The molecule has 1 unspecified atom stereocenters. The SMILES string of the molecule is CCCCOC(=O)NCC(O)OCc1ncccn1. The average Bonchev–Trinajstić information content (AvgIpc) is 2.44. The molecule has 1 atom stereocenters. The maximum absolute atomic E-state index is 11.2.